The van der Waals surface area contributed by atoms with E-state index in [2.05, 4.69) is 16.7 Å². The lowest BCUT2D eigenvalue weighted by atomic mass is 9.93. The van der Waals surface area contributed by atoms with Gasteiger partial charge in [0, 0.05) is 31.3 Å². The molecule has 3 rings (SSSR count). The lowest BCUT2D eigenvalue weighted by molar-refractivity contribution is 0.272. The molecule has 0 spiro atoms. The molecule has 0 amide bonds. The summed E-state index contributed by atoms with van der Waals surface area (Å²) in [6, 6.07) is 13.7. The summed E-state index contributed by atoms with van der Waals surface area (Å²) in [4.78, 5) is 0.236. The van der Waals surface area contributed by atoms with Crippen molar-refractivity contribution in [2.24, 2.45) is 5.10 Å². The molecule has 1 aliphatic heterocycles. The van der Waals surface area contributed by atoms with Crippen LogP contribution in [0.4, 0.5) is 5.69 Å². The van der Waals surface area contributed by atoms with Gasteiger partial charge in [-0.25, -0.2) is 8.42 Å². The van der Waals surface area contributed by atoms with Crippen molar-refractivity contribution in [2.75, 3.05) is 18.8 Å². The smallest absolute Gasteiger partial charge is 0.261 e. The van der Waals surface area contributed by atoms with Crippen molar-refractivity contribution in [2.45, 2.75) is 30.3 Å². The van der Waals surface area contributed by atoms with Crippen LogP contribution in [0.1, 0.15) is 24.8 Å². The van der Waals surface area contributed by atoms with Crippen LogP contribution in [0, 0.1) is 0 Å². The maximum atomic E-state index is 12.5. The number of nitrogens with one attached hydrogen (secondary N) is 1. The third-order valence-electron chi connectivity index (χ3n) is 4.26. The summed E-state index contributed by atoms with van der Waals surface area (Å²) in [5.74, 6) is 0.907. The Labute approximate surface area is 154 Å². The summed E-state index contributed by atoms with van der Waals surface area (Å²) >= 11 is 0. The second-order valence-electron chi connectivity index (χ2n) is 6.38. The van der Waals surface area contributed by atoms with E-state index in [-0.39, 0.29) is 16.9 Å². The predicted octanol–water partition coefficient (Wildman–Crippen LogP) is 3.29. The Balaban J connectivity index is 1.85. The van der Waals surface area contributed by atoms with E-state index in [1.807, 2.05) is 26.2 Å². The molecule has 1 aliphatic rings. The first-order valence-corrected chi connectivity index (χ1v) is 9.99. The molecule has 26 heavy (non-hydrogen) atoms. The van der Waals surface area contributed by atoms with E-state index < -0.39 is 10.0 Å². The number of sulfonamides is 1. The molecular formula is C19H23N3O3S. The van der Waals surface area contributed by atoms with Gasteiger partial charge in [0.15, 0.2) is 0 Å². The molecule has 0 unspecified atom stereocenters. The summed E-state index contributed by atoms with van der Waals surface area (Å²) in [5, 5.41) is 6.00. The highest BCUT2D eigenvalue weighted by atomic mass is 32.2. The molecule has 2 aromatic carbocycles. The van der Waals surface area contributed by atoms with E-state index in [0.29, 0.717) is 5.69 Å². The highest BCUT2D eigenvalue weighted by Gasteiger charge is 2.32. The van der Waals surface area contributed by atoms with Crippen molar-refractivity contribution in [3.8, 4) is 5.75 Å². The van der Waals surface area contributed by atoms with Crippen LogP contribution in [-0.2, 0) is 10.0 Å². The van der Waals surface area contributed by atoms with Crippen molar-refractivity contribution >= 4 is 21.9 Å². The third-order valence-corrected chi connectivity index (χ3v) is 5.66. The van der Waals surface area contributed by atoms with Gasteiger partial charge >= 0.3 is 0 Å². The number of hydrazone groups is 1. The average Bonchev–Trinajstić information content (AvgIpc) is 2.97. The minimum atomic E-state index is -3.61. The Morgan fingerprint density at radius 1 is 1.19 bits per heavy atom. The van der Waals surface area contributed by atoms with E-state index in [1.54, 1.807) is 47.6 Å². The summed E-state index contributed by atoms with van der Waals surface area (Å²) in [5.41, 5.74) is 1.52. The first-order valence-electron chi connectivity index (χ1n) is 8.50. The minimum Gasteiger partial charge on any atom is -0.484 e. The van der Waals surface area contributed by atoms with E-state index >= 15 is 0 Å². The van der Waals surface area contributed by atoms with E-state index in [4.69, 9.17) is 4.74 Å². The van der Waals surface area contributed by atoms with Crippen LogP contribution < -0.4 is 9.46 Å². The molecule has 0 saturated carbocycles. The predicted molar refractivity (Wildman–Crippen MR) is 103 cm³/mol. The van der Waals surface area contributed by atoms with E-state index in [0.717, 1.165) is 17.7 Å². The Morgan fingerprint density at radius 2 is 1.92 bits per heavy atom. The zero-order valence-corrected chi connectivity index (χ0v) is 15.9. The van der Waals surface area contributed by atoms with Gasteiger partial charge in [0.05, 0.1) is 11.1 Å². The van der Waals surface area contributed by atoms with Crippen LogP contribution in [0.3, 0.4) is 0 Å². The summed E-state index contributed by atoms with van der Waals surface area (Å²) in [6.07, 6.45) is 2.51. The molecule has 0 fully saturated rings. The SMILES string of the molecule is CC[C@@H]1c2cc(NS(=O)(=O)c3ccccc3)ccc2O[C@H]1/C=N/N(C)C. The van der Waals surface area contributed by atoms with Gasteiger partial charge in [-0.2, -0.15) is 5.10 Å². The van der Waals surface area contributed by atoms with Gasteiger partial charge in [0.2, 0.25) is 0 Å². The molecule has 0 aromatic heterocycles. The highest BCUT2D eigenvalue weighted by molar-refractivity contribution is 7.92. The van der Waals surface area contributed by atoms with Gasteiger partial charge in [-0.05, 0) is 36.8 Å². The molecule has 0 radical (unpaired) electrons. The maximum Gasteiger partial charge on any atom is 0.261 e. The minimum absolute atomic E-state index is 0.134. The van der Waals surface area contributed by atoms with Gasteiger partial charge in [-0.3, -0.25) is 4.72 Å². The first kappa shape index (κ1) is 18.3. The van der Waals surface area contributed by atoms with Gasteiger partial charge in [-0.15, -0.1) is 0 Å². The highest BCUT2D eigenvalue weighted by Crippen LogP contribution is 2.41. The number of fused-ring (bicyclic) bond motifs is 1. The third kappa shape index (κ3) is 3.83. The topological polar surface area (TPSA) is 71.0 Å². The van der Waals surface area contributed by atoms with Gasteiger partial charge in [-0.1, -0.05) is 25.1 Å². The summed E-state index contributed by atoms with van der Waals surface area (Å²) < 4.78 is 33.7. The van der Waals surface area contributed by atoms with Crippen LogP contribution in [-0.4, -0.2) is 39.8 Å². The Morgan fingerprint density at radius 3 is 2.58 bits per heavy atom. The lowest BCUT2D eigenvalue weighted by Gasteiger charge is -2.14. The quantitative estimate of drug-likeness (QED) is 0.623. The van der Waals surface area contributed by atoms with Crippen LogP contribution in [0.25, 0.3) is 0 Å². The summed E-state index contributed by atoms with van der Waals surface area (Å²) in [6.45, 7) is 2.08. The zero-order valence-electron chi connectivity index (χ0n) is 15.1. The van der Waals surface area contributed by atoms with Crippen molar-refractivity contribution in [3.63, 3.8) is 0 Å². The standard InChI is InChI=1S/C19H23N3O3S/c1-4-16-17-12-14(21-26(23,24)15-8-6-5-7-9-15)10-11-18(17)25-19(16)13-20-22(2)3/h5-13,16,19,21H,4H2,1-3H3/b20-13+/t16-,19+/m1/s1. The molecule has 0 bridgehead atoms. The van der Waals surface area contributed by atoms with Crippen LogP contribution in [0.15, 0.2) is 58.5 Å². The van der Waals surface area contributed by atoms with Crippen LogP contribution in [0.5, 0.6) is 5.75 Å². The molecular weight excluding hydrogens is 350 g/mol. The second kappa shape index (κ2) is 7.37. The van der Waals surface area contributed by atoms with E-state index in [9.17, 15) is 8.42 Å². The van der Waals surface area contributed by atoms with Gasteiger partial charge < -0.3 is 9.75 Å². The lowest BCUT2D eigenvalue weighted by Crippen LogP contribution is -2.21. The zero-order chi connectivity index (χ0) is 18.7. The number of anilines is 1. The molecule has 0 saturated heterocycles. The number of hydrogen-bond donors (Lipinski definition) is 1. The Kier molecular flexibility index (Phi) is 5.18. The number of hydrogen-bond acceptors (Lipinski definition) is 5. The molecule has 1 N–H and O–H groups in total. The molecule has 2 aromatic rings. The Bertz CT molecular complexity index is 896. The Hall–Kier alpha value is -2.54. The van der Waals surface area contributed by atoms with Crippen molar-refractivity contribution in [3.05, 3.63) is 54.1 Å². The van der Waals surface area contributed by atoms with Gasteiger partial charge in [0.25, 0.3) is 10.0 Å². The van der Waals surface area contributed by atoms with E-state index in [1.165, 1.54) is 0 Å². The molecule has 7 heteroatoms. The van der Waals surface area contributed by atoms with Crippen molar-refractivity contribution in [1.29, 1.82) is 0 Å². The largest absolute Gasteiger partial charge is 0.484 e. The maximum absolute atomic E-state index is 12.5. The van der Waals surface area contributed by atoms with Crippen molar-refractivity contribution < 1.29 is 13.2 Å². The second-order valence-corrected chi connectivity index (χ2v) is 8.06. The first-order chi connectivity index (χ1) is 12.4. The number of rotatable bonds is 6. The molecule has 2 atom stereocenters. The van der Waals surface area contributed by atoms with Crippen molar-refractivity contribution in [1.82, 2.24) is 5.01 Å². The molecule has 6 nitrogen and oxygen atoms in total. The number of benzene rings is 2. The molecule has 1 heterocycles. The van der Waals surface area contributed by atoms with Gasteiger partial charge in [0.1, 0.15) is 11.9 Å². The number of nitrogens with zero attached hydrogens (tertiary/aromatic N) is 2. The monoisotopic (exact) mass is 373 g/mol. The molecule has 138 valence electrons. The van der Waals surface area contributed by atoms with Crippen LogP contribution >= 0.6 is 0 Å². The molecule has 0 aliphatic carbocycles. The normalized spacial score (nSPS) is 19.2. The van der Waals surface area contributed by atoms with Crippen LogP contribution in [0.2, 0.25) is 0 Å². The fourth-order valence-corrected chi connectivity index (χ4v) is 4.08. The fourth-order valence-electron chi connectivity index (χ4n) is 3.01. The fraction of sp³-hybridized carbons (Fsp3) is 0.316. The average molecular weight is 373 g/mol. The number of ether oxygens (including phenoxy) is 1. The summed E-state index contributed by atoms with van der Waals surface area (Å²) in [7, 11) is 0.101.